The van der Waals surface area contributed by atoms with Crippen LogP contribution in [0, 0.1) is 0 Å². The van der Waals surface area contributed by atoms with E-state index >= 15 is 0 Å². The lowest BCUT2D eigenvalue weighted by molar-refractivity contribution is 0.948. The Morgan fingerprint density at radius 2 is 2.00 bits per heavy atom. The Balaban J connectivity index is 2.97. The number of nitrogens with two attached hydrogens (primary N) is 1. The molecule has 0 spiro atoms. The van der Waals surface area contributed by atoms with Crippen molar-refractivity contribution < 1.29 is 0 Å². The van der Waals surface area contributed by atoms with Gasteiger partial charge in [-0.1, -0.05) is 41.9 Å². The lowest BCUT2D eigenvalue weighted by Crippen LogP contribution is -2.16. The van der Waals surface area contributed by atoms with Gasteiger partial charge in [-0.3, -0.25) is 0 Å². The Kier molecular flexibility index (Phi) is 3.32. The van der Waals surface area contributed by atoms with Crippen molar-refractivity contribution in [3.63, 3.8) is 0 Å². The first-order valence-corrected chi connectivity index (χ1v) is 4.30. The molecule has 0 aliphatic carbocycles. The molecule has 1 atom stereocenters. The second-order valence-electron chi connectivity index (χ2n) is 2.72. The van der Waals surface area contributed by atoms with Gasteiger partial charge in [-0.05, 0) is 18.1 Å². The zero-order chi connectivity index (χ0) is 8.97. The molecule has 1 aromatic rings. The lowest BCUT2D eigenvalue weighted by Gasteiger charge is -2.09. The van der Waals surface area contributed by atoms with E-state index in [2.05, 4.69) is 0 Å². The zero-order valence-electron chi connectivity index (χ0n) is 7.00. The van der Waals surface area contributed by atoms with Crippen molar-refractivity contribution >= 4 is 17.2 Å². The van der Waals surface area contributed by atoms with Crippen LogP contribution < -0.4 is 5.73 Å². The van der Waals surface area contributed by atoms with Crippen LogP contribution in [0.3, 0.4) is 0 Å². The molecule has 12 heavy (non-hydrogen) atoms. The molecule has 1 aromatic carbocycles. The Morgan fingerprint density at radius 1 is 1.42 bits per heavy atom. The van der Waals surface area contributed by atoms with Crippen molar-refractivity contribution in [1.82, 2.24) is 0 Å². The van der Waals surface area contributed by atoms with E-state index in [0.717, 1.165) is 11.1 Å². The van der Waals surface area contributed by atoms with Crippen LogP contribution in [0.4, 0.5) is 0 Å². The van der Waals surface area contributed by atoms with Gasteiger partial charge in [0.2, 0.25) is 0 Å². The molecule has 2 N–H and O–H groups in total. The van der Waals surface area contributed by atoms with E-state index in [0.29, 0.717) is 0 Å². The van der Waals surface area contributed by atoms with Gasteiger partial charge in [0.25, 0.3) is 0 Å². The van der Waals surface area contributed by atoms with Crippen molar-refractivity contribution in [2.75, 3.05) is 0 Å². The molecule has 64 valence electrons. The topological polar surface area (TPSA) is 26.0 Å². The summed E-state index contributed by atoms with van der Waals surface area (Å²) in [5.74, 6) is 0. The lowest BCUT2D eigenvalue weighted by atomic mass is 10.0. The largest absolute Gasteiger partial charge is 0.324 e. The third-order valence-corrected chi connectivity index (χ3v) is 1.95. The maximum atomic E-state index is 5.73. The highest BCUT2D eigenvalue weighted by Crippen LogP contribution is 2.17. The Bertz CT molecular complexity index is 264. The Labute approximate surface area is 77.8 Å². The highest BCUT2D eigenvalue weighted by Gasteiger charge is 2.04. The number of rotatable bonds is 2. The molecule has 0 saturated carbocycles. The normalized spacial score (nSPS) is 14.4. The summed E-state index contributed by atoms with van der Waals surface area (Å²) >= 11 is 5.66. The number of halogens is 1. The molecular formula is C10H12ClN. The highest BCUT2D eigenvalue weighted by atomic mass is 35.5. The first-order chi connectivity index (χ1) is 5.75. The van der Waals surface area contributed by atoms with Crippen LogP contribution in [0.25, 0.3) is 5.57 Å². The standard InChI is InChI=1S/C10H12ClN/c1-8(12)10(7-11)9-5-3-2-4-6-9/h2-8H,12H2,1H3/b10-7+. The average Bonchev–Trinajstić information content (AvgIpc) is 2.07. The summed E-state index contributed by atoms with van der Waals surface area (Å²) in [7, 11) is 0. The van der Waals surface area contributed by atoms with Crippen LogP contribution in [0.2, 0.25) is 0 Å². The summed E-state index contributed by atoms with van der Waals surface area (Å²) in [4.78, 5) is 0. The zero-order valence-corrected chi connectivity index (χ0v) is 7.75. The van der Waals surface area contributed by atoms with E-state index in [1.165, 1.54) is 0 Å². The SMILES string of the molecule is CC(N)/C(=C\Cl)c1ccccc1. The summed E-state index contributed by atoms with van der Waals surface area (Å²) in [6.45, 7) is 1.92. The predicted octanol–water partition coefficient (Wildman–Crippen LogP) is 2.61. The number of benzene rings is 1. The van der Waals surface area contributed by atoms with Gasteiger partial charge in [0.05, 0.1) is 0 Å². The van der Waals surface area contributed by atoms with Gasteiger partial charge in [-0.15, -0.1) is 0 Å². The molecule has 0 aromatic heterocycles. The van der Waals surface area contributed by atoms with Crippen LogP contribution >= 0.6 is 11.6 Å². The summed E-state index contributed by atoms with van der Waals surface area (Å²) in [6.07, 6.45) is 0. The van der Waals surface area contributed by atoms with Crippen molar-refractivity contribution in [3.8, 4) is 0 Å². The molecule has 0 fully saturated rings. The highest BCUT2D eigenvalue weighted by molar-refractivity contribution is 6.28. The molecule has 0 bridgehead atoms. The molecular weight excluding hydrogens is 170 g/mol. The Hall–Kier alpha value is -0.790. The molecule has 0 aliphatic heterocycles. The molecule has 1 nitrogen and oxygen atoms in total. The first-order valence-electron chi connectivity index (χ1n) is 3.87. The minimum atomic E-state index is -0.0232. The second-order valence-corrected chi connectivity index (χ2v) is 2.94. The van der Waals surface area contributed by atoms with Crippen molar-refractivity contribution in [2.45, 2.75) is 13.0 Å². The minimum Gasteiger partial charge on any atom is -0.324 e. The van der Waals surface area contributed by atoms with Gasteiger partial charge in [0.15, 0.2) is 0 Å². The van der Waals surface area contributed by atoms with E-state index in [-0.39, 0.29) is 6.04 Å². The smallest absolute Gasteiger partial charge is 0.0280 e. The molecule has 1 unspecified atom stereocenters. The third kappa shape index (κ3) is 2.10. The monoisotopic (exact) mass is 181 g/mol. The molecule has 0 aliphatic rings. The fourth-order valence-corrected chi connectivity index (χ4v) is 1.38. The third-order valence-electron chi connectivity index (χ3n) is 1.72. The van der Waals surface area contributed by atoms with E-state index in [1.54, 1.807) is 5.54 Å². The van der Waals surface area contributed by atoms with E-state index in [9.17, 15) is 0 Å². The number of hydrogen-bond donors (Lipinski definition) is 1. The van der Waals surface area contributed by atoms with Crippen LogP contribution in [-0.2, 0) is 0 Å². The van der Waals surface area contributed by atoms with Gasteiger partial charge in [0, 0.05) is 11.6 Å². The van der Waals surface area contributed by atoms with E-state index < -0.39 is 0 Å². The van der Waals surface area contributed by atoms with Crippen molar-refractivity contribution in [2.24, 2.45) is 5.73 Å². The van der Waals surface area contributed by atoms with Gasteiger partial charge in [-0.2, -0.15) is 0 Å². The quantitative estimate of drug-likeness (QED) is 0.746. The summed E-state index contributed by atoms with van der Waals surface area (Å²) in [6, 6.07) is 9.88. The first kappa shape index (κ1) is 9.30. The van der Waals surface area contributed by atoms with Crippen LogP contribution in [0.15, 0.2) is 35.9 Å². The fourth-order valence-electron chi connectivity index (χ4n) is 1.06. The molecule has 0 heterocycles. The van der Waals surface area contributed by atoms with Gasteiger partial charge >= 0.3 is 0 Å². The van der Waals surface area contributed by atoms with Gasteiger partial charge in [-0.25, -0.2) is 0 Å². The minimum absolute atomic E-state index is 0.0232. The maximum absolute atomic E-state index is 5.73. The number of hydrogen-bond acceptors (Lipinski definition) is 1. The van der Waals surface area contributed by atoms with Crippen LogP contribution in [0.1, 0.15) is 12.5 Å². The van der Waals surface area contributed by atoms with Crippen molar-refractivity contribution in [3.05, 3.63) is 41.4 Å². The molecule has 0 radical (unpaired) electrons. The van der Waals surface area contributed by atoms with Crippen molar-refractivity contribution in [1.29, 1.82) is 0 Å². The molecule has 0 amide bonds. The maximum Gasteiger partial charge on any atom is 0.0280 e. The molecule has 2 heteroatoms. The molecule has 1 rings (SSSR count). The summed E-state index contributed by atoms with van der Waals surface area (Å²) < 4.78 is 0. The van der Waals surface area contributed by atoms with E-state index in [1.807, 2.05) is 37.3 Å². The fraction of sp³-hybridized carbons (Fsp3) is 0.200. The van der Waals surface area contributed by atoms with Gasteiger partial charge in [0.1, 0.15) is 0 Å². The summed E-state index contributed by atoms with van der Waals surface area (Å²) in [5, 5.41) is 0. The second kappa shape index (κ2) is 4.29. The Morgan fingerprint density at radius 3 is 2.42 bits per heavy atom. The average molecular weight is 182 g/mol. The summed E-state index contributed by atoms with van der Waals surface area (Å²) in [5.41, 5.74) is 9.32. The van der Waals surface area contributed by atoms with Crippen LogP contribution in [-0.4, -0.2) is 6.04 Å². The van der Waals surface area contributed by atoms with Crippen LogP contribution in [0.5, 0.6) is 0 Å². The predicted molar refractivity (Wildman–Crippen MR) is 53.9 cm³/mol. The van der Waals surface area contributed by atoms with Gasteiger partial charge < -0.3 is 5.73 Å². The molecule has 0 saturated heterocycles. The van der Waals surface area contributed by atoms with E-state index in [4.69, 9.17) is 17.3 Å².